The highest BCUT2D eigenvalue weighted by molar-refractivity contribution is 5.96. The summed E-state index contributed by atoms with van der Waals surface area (Å²) in [6.45, 7) is 4.36. The normalized spacial score (nSPS) is 21.5. The van der Waals surface area contributed by atoms with Crippen molar-refractivity contribution in [3.8, 4) is 0 Å². The van der Waals surface area contributed by atoms with Crippen LogP contribution in [0.15, 0.2) is 18.2 Å². The van der Waals surface area contributed by atoms with E-state index in [0.717, 1.165) is 38.1 Å². The average molecular weight is 337 g/mol. The summed E-state index contributed by atoms with van der Waals surface area (Å²) in [4.78, 5) is 29.5. The number of piperidine rings is 1. The first-order valence-electron chi connectivity index (χ1n) is 8.25. The molecule has 0 radical (unpaired) electrons. The fourth-order valence-corrected chi connectivity index (χ4v) is 3.30. The van der Waals surface area contributed by atoms with Gasteiger partial charge in [-0.1, -0.05) is 6.92 Å². The van der Waals surface area contributed by atoms with Crippen molar-refractivity contribution in [2.24, 2.45) is 5.92 Å². The molecule has 3 amide bonds. The van der Waals surface area contributed by atoms with E-state index >= 15 is 0 Å². The predicted molar refractivity (Wildman–Crippen MR) is 85.7 cm³/mol. The van der Waals surface area contributed by atoms with Gasteiger partial charge in [0.1, 0.15) is 6.54 Å². The number of urea groups is 1. The van der Waals surface area contributed by atoms with Crippen LogP contribution >= 0.6 is 0 Å². The van der Waals surface area contributed by atoms with Crippen LogP contribution in [-0.4, -0.2) is 54.5 Å². The van der Waals surface area contributed by atoms with Crippen molar-refractivity contribution in [2.75, 3.05) is 37.6 Å². The van der Waals surface area contributed by atoms with Gasteiger partial charge in [0.05, 0.1) is 0 Å². The smallest absolute Gasteiger partial charge is 0.325 e. The fourth-order valence-electron chi connectivity index (χ4n) is 3.30. The monoisotopic (exact) mass is 337 g/mol. The molecule has 1 unspecified atom stereocenters. The summed E-state index contributed by atoms with van der Waals surface area (Å²) < 4.78 is 26.4. The fraction of sp³-hybridized carbons (Fsp3) is 0.529. The Morgan fingerprint density at radius 1 is 1.21 bits per heavy atom. The molecule has 2 aliphatic heterocycles. The van der Waals surface area contributed by atoms with Gasteiger partial charge >= 0.3 is 6.03 Å². The van der Waals surface area contributed by atoms with E-state index in [1.807, 2.05) is 4.90 Å². The SMILES string of the molecule is CC1CCCN(C(=O)CN2CCN(c3ccc(F)c(F)c3)C2=O)C1. The minimum Gasteiger partial charge on any atom is -0.341 e. The predicted octanol–water partition coefficient (Wildman–Crippen LogP) is 2.47. The molecule has 1 atom stereocenters. The first-order chi connectivity index (χ1) is 11.5. The zero-order chi connectivity index (χ0) is 17.3. The minimum absolute atomic E-state index is 0.0335. The maximum atomic E-state index is 13.4. The number of hydrogen-bond donors (Lipinski definition) is 0. The van der Waals surface area contributed by atoms with Crippen LogP contribution in [-0.2, 0) is 4.79 Å². The third-order valence-corrected chi connectivity index (χ3v) is 4.65. The van der Waals surface area contributed by atoms with Gasteiger partial charge in [0, 0.05) is 37.9 Å². The van der Waals surface area contributed by atoms with Crippen molar-refractivity contribution in [2.45, 2.75) is 19.8 Å². The Kier molecular flexibility index (Phi) is 4.69. The summed E-state index contributed by atoms with van der Waals surface area (Å²) in [7, 11) is 0. The van der Waals surface area contributed by atoms with E-state index in [1.54, 1.807) is 0 Å². The summed E-state index contributed by atoms with van der Waals surface area (Å²) in [5.74, 6) is -1.51. The van der Waals surface area contributed by atoms with Crippen LogP contribution in [0.1, 0.15) is 19.8 Å². The number of carbonyl (C=O) groups excluding carboxylic acids is 2. The van der Waals surface area contributed by atoms with Crippen LogP contribution in [0.4, 0.5) is 19.3 Å². The molecule has 2 heterocycles. The van der Waals surface area contributed by atoms with Gasteiger partial charge in [0.15, 0.2) is 11.6 Å². The average Bonchev–Trinajstić information content (AvgIpc) is 2.91. The van der Waals surface area contributed by atoms with E-state index in [2.05, 4.69) is 6.92 Å². The summed E-state index contributed by atoms with van der Waals surface area (Å²) in [6, 6.07) is 3.03. The van der Waals surface area contributed by atoms with E-state index < -0.39 is 11.6 Å². The van der Waals surface area contributed by atoms with E-state index in [4.69, 9.17) is 0 Å². The first kappa shape index (κ1) is 16.7. The van der Waals surface area contributed by atoms with Crippen molar-refractivity contribution in [3.05, 3.63) is 29.8 Å². The lowest BCUT2D eigenvalue weighted by Gasteiger charge is -2.32. The molecule has 0 aromatic heterocycles. The van der Waals surface area contributed by atoms with Gasteiger partial charge in [-0.15, -0.1) is 0 Å². The second kappa shape index (κ2) is 6.75. The Bertz CT molecular complexity index is 653. The number of rotatable bonds is 3. The van der Waals surface area contributed by atoms with Gasteiger partial charge in [0.2, 0.25) is 5.91 Å². The highest BCUT2D eigenvalue weighted by Gasteiger charge is 2.33. The Labute approximate surface area is 139 Å². The topological polar surface area (TPSA) is 43.9 Å². The van der Waals surface area contributed by atoms with E-state index in [1.165, 1.54) is 15.9 Å². The molecule has 0 saturated carbocycles. The summed E-state index contributed by atoms with van der Waals surface area (Å²) in [5.41, 5.74) is 0.306. The minimum atomic E-state index is -0.989. The molecule has 2 saturated heterocycles. The molecule has 24 heavy (non-hydrogen) atoms. The molecular formula is C17H21F2N3O2. The molecule has 5 nitrogen and oxygen atoms in total. The number of nitrogens with zero attached hydrogens (tertiary/aromatic N) is 3. The van der Waals surface area contributed by atoms with Gasteiger partial charge in [0.25, 0.3) is 0 Å². The Morgan fingerprint density at radius 2 is 2.00 bits per heavy atom. The molecule has 0 N–H and O–H groups in total. The van der Waals surface area contributed by atoms with Gasteiger partial charge in [-0.25, -0.2) is 13.6 Å². The number of hydrogen-bond acceptors (Lipinski definition) is 2. The number of halogens is 2. The van der Waals surface area contributed by atoms with E-state index in [0.29, 0.717) is 24.7 Å². The summed E-state index contributed by atoms with van der Waals surface area (Å²) in [5, 5.41) is 0. The zero-order valence-electron chi connectivity index (χ0n) is 13.7. The molecule has 0 aliphatic carbocycles. The van der Waals surface area contributed by atoms with Crippen molar-refractivity contribution >= 4 is 17.6 Å². The molecular weight excluding hydrogens is 316 g/mol. The van der Waals surface area contributed by atoms with Crippen LogP contribution in [0.2, 0.25) is 0 Å². The largest absolute Gasteiger partial charge is 0.341 e. The Morgan fingerprint density at radius 3 is 2.71 bits per heavy atom. The van der Waals surface area contributed by atoms with Crippen molar-refractivity contribution in [1.82, 2.24) is 9.80 Å². The Hall–Kier alpha value is -2.18. The van der Waals surface area contributed by atoms with Gasteiger partial charge in [-0.2, -0.15) is 0 Å². The van der Waals surface area contributed by atoms with Gasteiger partial charge < -0.3 is 9.80 Å². The number of anilines is 1. The number of amides is 3. The number of likely N-dealkylation sites (tertiary alicyclic amines) is 1. The van der Waals surface area contributed by atoms with E-state index in [9.17, 15) is 18.4 Å². The third kappa shape index (κ3) is 3.34. The highest BCUT2D eigenvalue weighted by Crippen LogP contribution is 2.23. The lowest BCUT2D eigenvalue weighted by atomic mass is 10.0. The second-order valence-corrected chi connectivity index (χ2v) is 6.54. The molecule has 130 valence electrons. The lowest BCUT2D eigenvalue weighted by Crippen LogP contribution is -2.45. The molecule has 1 aromatic carbocycles. The first-order valence-corrected chi connectivity index (χ1v) is 8.25. The van der Waals surface area contributed by atoms with Gasteiger partial charge in [-0.3, -0.25) is 9.69 Å². The zero-order valence-corrected chi connectivity index (χ0v) is 13.7. The highest BCUT2D eigenvalue weighted by atomic mass is 19.2. The second-order valence-electron chi connectivity index (χ2n) is 6.54. The Balaban J connectivity index is 1.63. The van der Waals surface area contributed by atoms with Crippen LogP contribution < -0.4 is 4.90 Å². The molecule has 0 bridgehead atoms. The molecule has 3 rings (SSSR count). The van der Waals surface area contributed by atoms with Crippen molar-refractivity contribution in [1.29, 1.82) is 0 Å². The summed E-state index contributed by atoms with van der Waals surface area (Å²) >= 11 is 0. The molecule has 1 aromatic rings. The molecule has 0 spiro atoms. The quantitative estimate of drug-likeness (QED) is 0.850. The third-order valence-electron chi connectivity index (χ3n) is 4.65. The molecule has 2 aliphatic rings. The molecule has 2 fully saturated rings. The summed E-state index contributed by atoms with van der Waals surface area (Å²) in [6.07, 6.45) is 2.11. The van der Waals surface area contributed by atoms with E-state index in [-0.39, 0.29) is 18.5 Å². The van der Waals surface area contributed by atoms with Gasteiger partial charge in [-0.05, 0) is 30.9 Å². The standard InChI is InChI=1S/C17H21F2N3O2/c1-12-3-2-6-20(10-12)16(23)11-21-7-8-22(17(21)24)13-4-5-14(18)15(19)9-13/h4-5,9,12H,2-3,6-8,10-11H2,1H3. The maximum Gasteiger partial charge on any atom is 0.325 e. The van der Waals surface area contributed by atoms with Crippen LogP contribution in [0.3, 0.4) is 0 Å². The number of benzene rings is 1. The number of carbonyl (C=O) groups is 2. The van der Waals surface area contributed by atoms with Crippen LogP contribution in [0.5, 0.6) is 0 Å². The molecule has 7 heteroatoms. The van der Waals surface area contributed by atoms with Crippen molar-refractivity contribution in [3.63, 3.8) is 0 Å². The maximum absolute atomic E-state index is 13.4. The van der Waals surface area contributed by atoms with Crippen molar-refractivity contribution < 1.29 is 18.4 Å². The lowest BCUT2D eigenvalue weighted by molar-refractivity contribution is -0.133. The van der Waals surface area contributed by atoms with Crippen LogP contribution in [0, 0.1) is 17.6 Å². The van der Waals surface area contributed by atoms with Crippen LogP contribution in [0.25, 0.3) is 0 Å².